The van der Waals surface area contributed by atoms with Gasteiger partial charge < -0.3 is 4.74 Å². The lowest BCUT2D eigenvalue weighted by Crippen LogP contribution is -2.04. The minimum atomic E-state index is -3.03. The molecule has 0 fully saturated rings. The number of aromatic nitrogens is 2. The van der Waals surface area contributed by atoms with E-state index in [1.807, 2.05) is 0 Å². The predicted molar refractivity (Wildman–Crippen MR) is 90.8 cm³/mol. The van der Waals surface area contributed by atoms with Gasteiger partial charge >= 0.3 is 6.61 Å². The summed E-state index contributed by atoms with van der Waals surface area (Å²) in [5.74, 6) is -0.196. The van der Waals surface area contributed by atoms with E-state index in [9.17, 15) is 13.6 Å². The number of rotatable bonds is 5. The van der Waals surface area contributed by atoms with Gasteiger partial charge in [0.25, 0.3) is 0 Å². The summed E-state index contributed by atoms with van der Waals surface area (Å²) in [5.41, 5.74) is 3.33. The Morgan fingerprint density at radius 1 is 1.15 bits per heavy atom. The van der Waals surface area contributed by atoms with Crippen molar-refractivity contribution in [3.63, 3.8) is 0 Å². The Morgan fingerprint density at radius 2 is 1.85 bits per heavy atom. The van der Waals surface area contributed by atoms with Gasteiger partial charge in [0.15, 0.2) is 6.29 Å². The third-order valence-electron chi connectivity index (χ3n) is 3.84. The molecule has 0 radical (unpaired) electrons. The normalized spacial score (nSPS) is 10.6. The van der Waals surface area contributed by atoms with E-state index in [0.29, 0.717) is 23.1 Å². The Balaban J connectivity index is 2.00. The van der Waals surface area contributed by atoms with Crippen molar-refractivity contribution in [1.82, 2.24) is 9.78 Å². The molecular weight excluding hydrogens is 340 g/mol. The quantitative estimate of drug-likeness (QED) is 0.649. The van der Waals surface area contributed by atoms with Gasteiger partial charge in [-0.05, 0) is 35.9 Å². The van der Waals surface area contributed by atoms with Crippen molar-refractivity contribution >= 4 is 6.29 Å². The average Bonchev–Trinajstić information content (AvgIpc) is 3.03. The lowest BCUT2D eigenvalue weighted by atomic mass is 10.1. The molecule has 0 saturated carbocycles. The van der Waals surface area contributed by atoms with Crippen LogP contribution in [0.2, 0.25) is 0 Å². The molecule has 26 heavy (non-hydrogen) atoms. The first-order valence-electron chi connectivity index (χ1n) is 7.61. The second-order valence-electron chi connectivity index (χ2n) is 5.48. The first kappa shape index (κ1) is 17.3. The molecule has 0 amide bonds. The zero-order chi connectivity index (χ0) is 18.7. The van der Waals surface area contributed by atoms with Gasteiger partial charge in [0.05, 0.1) is 28.6 Å². The number of ether oxygens (including phenoxy) is 1. The van der Waals surface area contributed by atoms with Crippen LogP contribution in [0.15, 0.2) is 48.5 Å². The average molecular weight is 353 g/mol. The number of nitriles is 1. The molecule has 0 aliphatic rings. The Morgan fingerprint density at radius 3 is 2.46 bits per heavy atom. The highest BCUT2D eigenvalue weighted by Gasteiger charge is 2.14. The second-order valence-corrected chi connectivity index (χ2v) is 5.48. The standard InChI is InChI=1S/C19H13F2N3O2/c1-24-17(13-4-2-12(10-22)3-5-13)9-16(23-24)14-6-7-15(11-25)18(8-14)26-19(20)21/h2-9,11,19H,1H3. The number of alkyl halides is 2. The second kappa shape index (κ2) is 7.15. The van der Waals surface area contributed by atoms with Crippen molar-refractivity contribution in [3.05, 3.63) is 59.7 Å². The largest absolute Gasteiger partial charge is 0.434 e. The first-order chi connectivity index (χ1) is 12.5. The minimum Gasteiger partial charge on any atom is -0.434 e. The molecule has 0 atom stereocenters. The van der Waals surface area contributed by atoms with Gasteiger partial charge in [0, 0.05) is 12.6 Å². The van der Waals surface area contributed by atoms with Crippen molar-refractivity contribution in [2.45, 2.75) is 6.61 Å². The van der Waals surface area contributed by atoms with Crippen LogP contribution in [0.25, 0.3) is 22.5 Å². The predicted octanol–water partition coefficient (Wildman–Crippen LogP) is 4.04. The molecule has 3 aromatic rings. The molecule has 0 aliphatic carbocycles. The van der Waals surface area contributed by atoms with Crippen LogP contribution in [-0.2, 0) is 7.05 Å². The van der Waals surface area contributed by atoms with E-state index in [1.165, 1.54) is 12.1 Å². The lowest BCUT2D eigenvalue weighted by molar-refractivity contribution is -0.0500. The number of hydrogen-bond acceptors (Lipinski definition) is 4. The highest BCUT2D eigenvalue weighted by Crippen LogP contribution is 2.30. The summed E-state index contributed by atoms with van der Waals surface area (Å²) >= 11 is 0. The number of halogens is 2. The monoisotopic (exact) mass is 353 g/mol. The smallest absolute Gasteiger partial charge is 0.387 e. The number of hydrogen-bond donors (Lipinski definition) is 0. The van der Waals surface area contributed by atoms with Gasteiger partial charge in [-0.3, -0.25) is 9.48 Å². The first-order valence-corrected chi connectivity index (χ1v) is 7.61. The zero-order valence-electron chi connectivity index (χ0n) is 13.7. The summed E-state index contributed by atoms with van der Waals surface area (Å²) in [4.78, 5) is 11.0. The van der Waals surface area contributed by atoms with Crippen LogP contribution in [0.5, 0.6) is 5.75 Å². The molecule has 1 heterocycles. The van der Waals surface area contributed by atoms with Crippen molar-refractivity contribution in [2.75, 3.05) is 0 Å². The summed E-state index contributed by atoms with van der Waals surface area (Å²) in [6.45, 7) is -3.03. The SMILES string of the molecule is Cn1nc(-c2ccc(C=O)c(OC(F)F)c2)cc1-c1ccc(C#N)cc1. The van der Waals surface area contributed by atoms with E-state index >= 15 is 0 Å². The Kier molecular flexibility index (Phi) is 4.76. The molecule has 130 valence electrons. The number of aryl methyl sites for hydroxylation is 1. The van der Waals surface area contributed by atoms with Gasteiger partial charge in [-0.2, -0.15) is 19.1 Å². The van der Waals surface area contributed by atoms with Crippen LogP contribution < -0.4 is 4.74 Å². The highest BCUT2D eigenvalue weighted by molar-refractivity contribution is 5.82. The van der Waals surface area contributed by atoms with E-state index in [0.717, 1.165) is 11.3 Å². The van der Waals surface area contributed by atoms with Crippen LogP contribution in [0.1, 0.15) is 15.9 Å². The van der Waals surface area contributed by atoms with Crippen LogP contribution in [-0.4, -0.2) is 22.7 Å². The summed E-state index contributed by atoms with van der Waals surface area (Å²) < 4.78 is 31.1. The topological polar surface area (TPSA) is 67.9 Å². The van der Waals surface area contributed by atoms with Gasteiger partial charge in [0.1, 0.15) is 5.75 Å². The van der Waals surface area contributed by atoms with Gasteiger partial charge in [-0.1, -0.05) is 18.2 Å². The molecule has 0 bridgehead atoms. The van der Waals surface area contributed by atoms with Crippen molar-refractivity contribution < 1.29 is 18.3 Å². The summed E-state index contributed by atoms with van der Waals surface area (Å²) in [6, 6.07) is 15.3. The molecule has 7 heteroatoms. The van der Waals surface area contributed by atoms with Crippen molar-refractivity contribution in [1.29, 1.82) is 5.26 Å². The Labute approximate surface area is 148 Å². The molecule has 0 saturated heterocycles. The molecule has 2 aromatic carbocycles. The third-order valence-corrected chi connectivity index (χ3v) is 3.84. The fourth-order valence-electron chi connectivity index (χ4n) is 2.58. The molecule has 0 N–H and O–H groups in total. The number of carbonyl (C=O) groups is 1. The highest BCUT2D eigenvalue weighted by atomic mass is 19.3. The third kappa shape index (κ3) is 3.44. The van der Waals surface area contributed by atoms with Gasteiger partial charge in [0.2, 0.25) is 0 Å². The number of carbonyl (C=O) groups excluding carboxylic acids is 1. The molecule has 3 rings (SSSR count). The zero-order valence-corrected chi connectivity index (χ0v) is 13.7. The summed E-state index contributed by atoms with van der Waals surface area (Å²) in [5, 5.41) is 13.3. The Hall–Kier alpha value is -3.53. The number of nitrogens with zero attached hydrogens (tertiary/aromatic N) is 3. The van der Waals surface area contributed by atoms with E-state index in [4.69, 9.17) is 5.26 Å². The molecule has 0 spiro atoms. The summed E-state index contributed by atoms with van der Waals surface area (Å²) in [6.07, 6.45) is 0.460. The Bertz CT molecular complexity index is 989. The fraction of sp³-hybridized carbons (Fsp3) is 0.105. The maximum atomic E-state index is 12.5. The van der Waals surface area contributed by atoms with Gasteiger partial charge in [-0.25, -0.2) is 0 Å². The maximum Gasteiger partial charge on any atom is 0.387 e. The van der Waals surface area contributed by atoms with Crippen LogP contribution in [0, 0.1) is 11.3 Å². The van der Waals surface area contributed by atoms with E-state index in [-0.39, 0.29) is 11.3 Å². The van der Waals surface area contributed by atoms with Crippen LogP contribution >= 0.6 is 0 Å². The van der Waals surface area contributed by atoms with Gasteiger partial charge in [-0.15, -0.1) is 0 Å². The van der Waals surface area contributed by atoms with Crippen molar-refractivity contribution in [2.24, 2.45) is 7.05 Å². The van der Waals surface area contributed by atoms with E-state index in [2.05, 4.69) is 15.9 Å². The van der Waals surface area contributed by atoms with Crippen LogP contribution in [0.4, 0.5) is 8.78 Å². The van der Waals surface area contributed by atoms with E-state index in [1.54, 1.807) is 48.1 Å². The molecule has 0 unspecified atom stereocenters. The maximum absolute atomic E-state index is 12.5. The molecule has 1 aromatic heterocycles. The van der Waals surface area contributed by atoms with E-state index < -0.39 is 6.61 Å². The number of benzene rings is 2. The lowest BCUT2D eigenvalue weighted by Gasteiger charge is -2.08. The fourth-order valence-corrected chi connectivity index (χ4v) is 2.58. The minimum absolute atomic E-state index is 0.0392. The number of aldehydes is 1. The molecule has 5 nitrogen and oxygen atoms in total. The molecular formula is C19H13F2N3O2. The van der Waals surface area contributed by atoms with Crippen LogP contribution in [0.3, 0.4) is 0 Å². The molecule has 0 aliphatic heterocycles. The van der Waals surface area contributed by atoms with Crippen molar-refractivity contribution in [3.8, 4) is 34.3 Å². The summed E-state index contributed by atoms with van der Waals surface area (Å²) in [7, 11) is 1.76.